The minimum Gasteiger partial charge on any atom is -0.379 e. The van der Waals surface area contributed by atoms with Gasteiger partial charge in [0, 0.05) is 18.1 Å². The van der Waals surface area contributed by atoms with Crippen LogP contribution in [-0.4, -0.2) is 47.4 Å². The lowest BCUT2D eigenvalue weighted by molar-refractivity contribution is 0.0730. The highest BCUT2D eigenvalue weighted by atomic mass is 35.5. The van der Waals surface area contributed by atoms with E-state index in [1.165, 1.54) is 34.6 Å². The molecule has 12 heteroatoms. The van der Waals surface area contributed by atoms with Crippen molar-refractivity contribution in [3.8, 4) is 0 Å². The van der Waals surface area contributed by atoms with E-state index in [-0.39, 0.29) is 43.6 Å². The molecule has 1 heterocycles. The fourth-order valence-electron chi connectivity index (χ4n) is 2.86. The van der Waals surface area contributed by atoms with Crippen LogP contribution < -0.4 is 4.72 Å². The molecule has 0 spiro atoms. The number of hydrogen-bond donors (Lipinski definition) is 1. The topological polar surface area (TPSA) is 92.8 Å². The minimum absolute atomic E-state index is 0.00731. The second kappa shape index (κ2) is 8.58. The van der Waals surface area contributed by atoms with E-state index >= 15 is 0 Å². The van der Waals surface area contributed by atoms with Crippen molar-refractivity contribution in [1.82, 2.24) is 4.31 Å². The first kappa shape index (κ1) is 22.6. The smallest absolute Gasteiger partial charge is 0.264 e. The van der Waals surface area contributed by atoms with E-state index < -0.39 is 20.0 Å². The van der Waals surface area contributed by atoms with Crippen molar-refractivity contribution in [1.29, 1.82) is 0 Å². The van der Waals surface area contributed by atoms with Gasteiger partial charge in [-0.3, -0.25) is 4.72 Å². The van der Waals surface area contributed by atoms with Crippen molar-refractivity contribution < 1.29 is 21.6 Å². The molecule has 1 fully saturated rings. The fraction of sp³-hybridized carbons (Fsp3) is 0.294. The van der Waals surface area contributed by atoms with Gasteiger partial charge in [-0.25, -0.2) is 16.8 Å². The van der Waals surface area contributed by atoms with Gasteiger partial charge in [-0.15, -0.1) is 0 Å². The van der Waals surface area contributed by atoms with Crippen LogP contribution in [0.25, 0.3) is 0 Å². The Balaban J connectivity index is 1.98. The van der Waals surface area contributed by atoms with Crippen molar-refractivity contribution in [2.24, 2.45) is 0 Å². The van der Waals surface area contributed by atoms with Crippen LogP contribution in [0.15, 0.2) is 40.1 Å². The maximum Gasteiger partial charge on any atom is 0.264 e. The Labute approximate surface area is 184 Å². The second-order valence-electron chi connectivity index (χ2n) is 6.30. The third kappa shape index (κ3) is 4.82. The Hall–Kier alpha value is -1.07. The largest absolute Gasteiger partial charge is 0.379 e. The van der Waals surface area contributed by atoms with E-state index in [1.807, 2.05) is 0 Å². The maximum atomic E-state index is 13.0. The van der Waals surface area contributed by atoms with E-state index in [0.717, 1.165) is 0 Å². The number of nitrogens with zero attached hydrogens (tertiary/aromatic N) is 1. The molecule has 0 aliphatic carbocycles. The number of anilines is 1. The zero-order valence-electron chi connectivity index (χ0n) is 15.2. The lowest BCUT2D eigenvalue weighted by atomic mass is 10.2. The molecule has 1 aliphatic heterocycles. The van der Waals surface area contributed by atoms with E-state index in [0.29, 0.717) is 18.8 Å². The number of hydrogen-bond acceptors (Lipinski definition) is 5. The van der Waals surface area contributed by atoms with Crippen LogP contribution >= 0.6 is 34.8 Å². The number of halogens is 3. The molecule has 0 unspecified atom stereocenters. The zero-order valence-corrected chi connectivity index (χ0v) is 19.1. The molecular weight excluding hydrogens is 483 g/mol. The van der Waals surface area contributed by atoms with Crippen molar-refractivity contribution in [2.75, 3.05) is 31.0 Å². The summed E-state index contributed by atoms with van der Waals surface area (Å²) in [6.07, 6.45) is 0. The summed E-state index contributed by atoms with van der Waals surface area (Å²) in [6.45, 7) is 2.70. The number of nitrogens with one attached hydrogen (secondary N) is 1. The minimum atomic E-state index is -4.19. The van der Waals surface area contributed by atoms with E-state index in [2.05, 4.69) is 4.72 Å². The first-order valence-corrected chi connectivity index (χ1v) is 12.4. The Morgan fingerprint density at radius 1 is 0.966 bits per heavy atom. The second-order valence-corrected chi connectivity index (χ2v) is 11.1. The molecule has 158 valence electrons. The van der Waals surface area contributed by atoms with Gasteiger partial charge in [-0.05, 0) is 36.8 Å². The van der Waals surface area contributed by atoms with Crippen LogP contribution in [0.5, 0.6) is 0 Å². The first-order valence-electron chi connectivity index (χ1n) is 8.38. The molecule has 0 aromatic heterocycles. The average Bonchev–Trinajstić information content (AvgIpc) is 2.62. The van der Waals surface area contributed by atoms with E-state index in [9.17, 15) is 16.8 Å². The van der Waals surface area contributed by atoms with Gasteiger partial charge in [0.15, 0.2) is 0 Å². The van der Waals surface area contributed by atoms with Crippen LogP contribution in [0.3, 0.4) is 0 Å². The highest BCUT2D eigenvalue weighted by Gasteiger charge is 2.29. The molecule has 2 aromatic rings. The highest BCUT2D eigenvalue weighted by molar-refractivity contribution is 7.93. The molecule has 29 heavy (non-hydrogen) atoms. The molecule has 3 rings (SSSR count). The standard InChI is InChI=1S/C17H17Cl3N2O5S2/c1-11-2-3-13(10-16(11)29(25,26)22-4-6-27-7-5-22)21-28(23,24)17-14(19)8-12(18)9-15(17)20/h2-3,8-10,21H,4-7H2,1H3. The third-order valence-electron chi connectivity index (χ3n) is 4.26. The monoisotopic (exact) mass is 498 g/mol. The van der Waals surface area contributed by atoms with Gasteiger partial charge in [-0.1, -0.05) is 40.9 Å². The Bertz CT molecular complexity index is 1120. The molecular formula is C17H17Cl3N2O5S2. The summed E-state index contributed by atoms with van der Waals surface area (Å²) in [4.78, 5) is -0.337. The quantitative estimate of drug-likeness (QED) is 0.676. The summed E-state index contributed by atoms with van der Waals surface area (Å²) < 4.78 is 60.4. The van der Waals surface area contributed by atoms with Crippen molar-refractivity contribution in [3.05, 3.63) is 51.0 Å². The summed E-state index contributed by atoms with van der Waals surface area (Å²) >= 11 is 17.9. The van der Waals surface area contributed by atoms with Gasteiger partial charge in [-0.2, -0.15) is 4.31 Å². The van der Waals surface area contributed by atoms with Gasteiger partial charge >= 0.3 is 0 Å². The highest BCUT2D eigenvalue weighted by Crippen LogP contribution is 2.34. The Kier molecular flexibility index (Phi) is 6.69. The number of aryl methyl sites for hydroxylation is 1. The predicted octanol–water partition coefficient (Wildman–Crippen LogP) is 3.78. The fourth-order valence-corrected chi connectivity index (χ4v) is 7.12. The third-order valence-corrected chi connectivity index (χ3v) is 8.82. The van der Waals surface area contributed by atoms with Gasteiger partial charge in [0.1, 0.15) is 4.90 Å². The van der Waals surface area contributed by atoms with Crippen LogP contribution in [0.4, 0.5) is 5.69 Å². The van der Waals surface area contributed by atoms with Gasteiger partial charge in [0.05, 0.1) is 33.8 Å². The summed E-state index contributed by atoms with van der Waals surface area (Å²) in [7, 11) is -8.00. The molecule has 1 N–H and O–H groups in total. The number of rotatable bonds is 5. The van der Waals surface area contributed by atoms with Crippen LogP contribution in [0, 0.1) is 6.92 Å². The molecule has 2 aromatic carbocycles. The van der Waals surface area contributed by atoms with Gasteiger partial charge in [0.2, 0.25) is 10.0 Å². The molecule has 1 aliphatic rings. The average molecular weight is 500 g/mol. The molecule has 1 saturated heterocycles. The number of morpholine rings is 1. The number of benzene rings is 2. The summed E-state index contributed by atoms with van der Waals surface area (Å²) in [6, 6.07) is 6.77. The normalized spacial score (nSPS) is 16.0. The SMILES string of the molecule is Cc1ccc(NS(=O)(=O)c2c(Cl)cc(Cl)cc2Cl)cc1S(=O)(=O)N1CCOCC1. The predicted molar refractivity (Wildman–Crippen MR) is 113 cm³/mol. The summed E-state index contributed by atoms with van der Waals surface area (Å²) in [5, 5.41) is -0.111. The maximum absolute atomic E-state index is 13.0. The van der Waals surface area contributed by atoms with Gasteiger partial charge in [0.25, 0.3) is 10.0 Å². The van der Waals surface area contributed by atoms with E-state index in [4.69, 9.17) is 39.5 Å². The lowest BCUT2D eigenvalue weighted by Crippen LogP contribution is -2.40. The first-order chi connectivity index (χ1) is 13.5. The molecule has 0 radical (unpaired) electrons. The molecule has 0 saturated carbocycles. The zero-order chi connectivity index (χ0) is 21.4. The van der Waals surface area contributed by atoms with Crippen molar-refractivity contribution >= 4 is 60.5 Å². The van der Waals surface area contributed by atoms with Crippen LogP contribution in [0.1, 0.15) is 5.56 Å². The van der Waals surface area contributed by atoms with Crippen LogP contribution in [0.2, 0.25) is 15.1 Å². The number of sulfonamides is 2. The Morgan fingerprint density at radius 2 is 1.55 bits per heavy atom. The summed E-state index contributed by atoms with van der Waals surface area (Å²) in [5.41, 5.74) is 0.548. The Morgan fingerprint density at radius 3 is 2.14 bits per heavy atom. The van der Waals surface area contributed by atoms with Crippen molar-refractivity contribution in [3.63, 3.8) is 0 Å². The number of ether oxygens (including phenoxy) is 1. The molecule has 0 amide bonds. The van der Waals surface area contributed by atoms with E-state index in [1.54, 1.807) is 6.92 Å². The molecule has 0 atom stereocenters. The molecule has 0 bridgehead atoms. The lowest BCUT2D eigenvalue weighted by Gasteiger charge is -2.27. The van der Waals surface area contributed by atoms with Crippen molar-refractivity contribution in [2.45, 2.75) is 16.7 Å². The van der Waals surface area contributed by atoms with Crippen LogP contribution in [-0.2, 0) is 24.8 Å². The molecule has 7 nitrogen and oxygen atoms in total. The van der Waals surface area contributed by atoms with Gasteiger partial charge < -0.3 is 4.74 Å². The summed E-state index contributed by atoms with van der Waals surface area (Å²) in [5.74, 6) is 0.